The Morgan fingerprint density at radius 1 is 1.00 bits per heavy atom. The van der Waals surface area contributed by atoms with Crippen LogP contribution in [0.25, 0.3) is 11.1 Å². The quantitative estimate of drug-likeness (QED) is 0.749. The number of carboxylic acids is 1. The number of hydrogen-bond donors (Lipinski definition) is 2. The van der Waals surface area contributed by atoms with Crippen molar-refractivity contribution in [2.45, 2.75) is 26.3 Å². The molecule has 0 saturated heterocycles. The Labute approximate surface area is 145 Å². The number of nitrogens with one attached hydrogen (secondary N) is 1. The highest BCUT2D eigenvalue weighted by atomic mass is 16.4. The van der Waals surface area contributed by atoms with Crippen molar-refractivity contribution in [1.82, 2.24) is 5.32 Å². The number of fused-ring (bicyclic) bond motifs is 3. The Kier molecular flexibility index (Phi) is 4.40. The molecule has 0 unspecified atom stereocenters. The second kappa shape index (κ2) is 6.51. The van der Waals surface area contributed by atoms with Gasteiger partial charge in [0.25, 0.3) is 5.91 Å². The monoisotopic (exact) mass is 337 g/mol. The van der Waals surface area contributed by atoms with Crippen molar-refractivity contribution in [2.75, 3.05) is 0 Å². The van der Waals surface area contributed by atoms with Gasteiger partial charge in [-0.05, 0) is 24.0 Å². The molecule has 0 spiro atoms. The summed E-state index contributed by atoms with van der Waals surface area (Å²) in [5.74, 6) is -1.53. The second-order valence-corrected chi connectivity index (χ2v) is 6.60. The van der Waals surface area contributed by atoms with E-state index in [0.717, 1.165) is 0 Å². The summed E-state index contributed by atoms with van der Waals surface area (Å²) in [6, 6.07) is 11.1. The van der Waals surface area contributed by atoms with E-state index in [2.05, 4.69) is 5.32 Å². The predicted octanol–water partition coefficient (Wildman–Crippen LogP) is 3.13. The standard InChI is InChI=1S/C20H19NO4/c1-11(2)10-16(20(24)25)21-19(23)15-9-5-8-14-17(15)12-6-3-4-7-13(12)18(14)22/h3-9,11,16H,10H2,1-2H3,(H,21,23)(H,24,25)/t16-/m0/s1. The Hall–Kier alpha value is -2.95. The third-order valence-corrected chi connectivity index (χ3v) is 4.31. The Morgan fingerprint density at radius 2 is 1.64 bits per heavy atom. The fourth-order valence-corrected chi connectivity index (χ4v) is 3.19. The molecule has 1 atom stereocenters. The van der Waals surface area contributed by atoms with Crippen molar-refractivity contribution >= 4 is 17.7 Å². The summed E-state index contributed by atoms with van der Waals surface area (Å²) in [5, 5.41) is 11.9. The minimum absolute atomic E-state index is 0.114. The van der Waals surface area contributed by atoms with Crippen LogP contribution in [0.3, 0.4) is 0 Å². The van der Waals surface area contributed by atoms with Crippen molar-refractivity contribution in [2.24, 2.45) is 5.92 Å². The van der Waals surface area contributed by atoms with E-state index in [4.69, 9.17) is 0 Å². The maximum Gasteiger partial charge on any atom is 0.326 e. The average molecular weight is 337 g/mol. The summed E-state index contributed by atoms with van der Waals surface area (Å²) in [7, 11) is 0. The first kappa shape index (κ1) is 16.9. The van der Waals surface area contributed by atoms with E-state index >= 15 is 0 Å². The van der Waals surface area contributed by atoms with Crippen molar-refractivity contribution in [3.63, 3.8) is 0 Å². The molecule has 0 bridgehead atoms. The van der Waals surface area contributed by atoms with Crippen LogP contribution in [0.5, 0.6) is 0 Å². The lowest BCUT2D eigenvalue weighted by molar-refractivity contribution is -0.139. The van der Waals surface area contributed by atoms with Gasteiger partial charge in [0.1, 0.15) is 6.04 Å². The van der Waals surface area contributed by atoms with E-state index in [9.17, 15) is 19.5 Å². The lowest BCUT2D eigenvalue weighted by Crippen LogP contribution is -2.41. The van der Waals surface area contributed by atoms with E-state index in [-0.39, 0.29) is 11.7 Å². The van der Waals surface area contributed by atoms with Crippen molar-refractivity contribution < 1.29 is 19.5 Å². The molecular formula is C20H19NO4. The molecule has 0 radical (unpaired) electrons. The lowest BCUT2D eigenvalue weighted by atomic mass is 9.98. The third-order valence-electron chi connectivity index (χ3n) is 4.31. The van der Waals surface area contributed by atoms with Gasteiger partial charge in [-0.1, -0.05) is 50.2 Å². The van der Waals surface area contributed by atoms with Crippen molar-refractivity contribution in [3.8, 4) is 11.1 Å². The van der Waals surface area contributed by atoms with E-state index in [1.807, 2.05) is 19.9 Å². The molecular weight excluding hydrogens is 318 g/mol. The Morgan fingerprint density at radius 3 is 2.28 bits per heavy atom. The van der Waals surface area contributed by atoms with Crippen molar-refractivity contribution in [3.05, 3.63) is 59.2 Å². The van der Waals surface area contributed by atoms with E-state index < -0.39 is 17.9 Å². The molecule has 0 aliphatic heterocycles. The maximum atomic E-state index is 12.7. The van der Waals surface area contributed by atoms with Gasteiger partial charge in [0.05, 0.1) is 0 Å². The minimum atomic E-state index is -1.06. The summed E-state index contributed by atoms with van der Waals surface area (Å²) in [4.78, 5) is 36.7. The number of aliphatic carboxylic acids is 1. The van der Waals surface area contributed by atoms with Gasteiger partial charge in [-0.15, -0.1) is 0 Å². The smallest absolute Gasteiger partial charge is 0.326 e. The van der Waals surface area contributed by atoms with Gasteiger partial charge in [0.15, 0.2) is 5.78 Å². The van der Waals surface area contributed by atoms with Crippen LogP contribution >= 0.6 is 0 Å². The largest absolute Gasteiger partial charge is 0.480 e. The minimum Gasteiger partial charge on any atom is -0.480 e. The molecule has 5 heteroatoms. The van der Waals surface area contributed by atoms with E-state index in [1.165, 1.54) is 0 Å². The summed E-state index contributed by atoms with van der Waals surface area (Å²) >= 11 is 0. The van der Waals surface area contributed by atoms with Gasteiger partial charge < -0.3 is 10.4 Å². The fourth-order valence-electron chi connectivity index (χ4n) is 3.19. The first-order valence-corrected chi connectivity index (χ1v) is 8.21. The number of carbonyl (C=O) groups is 3. The molecule has 1 amide bonds. The van der Waals surface area contributed by atoms with Gasteiger partial charge in [0, 0.05) is 22.3 Å². The fraction of sp³-hybridized carbons (Fsp3) is 0.250. The Balaban J connectivity index is 2.00. The number of hydrogen-bond acceptors (Lipinski definition) is 3. The molecule has 25 heavy (non-hydrogen) atoms. The van der Waals surface area contributed by atoms with Crippen molar-refractivity contribution in [1.29, 1.82) is 0 Å². The van der Waals surface area contributed by atoms with Crippen LogP contribution in [0.4, 0.5) is 0 Å². The van der Waals surface area contributed by atoms with E-state index in [1.54, 1.807) is 36.4 Å². The highest BCUT2D eigenvalue weighted by Crippen LogP contribution is 2.38. The molecule has 0 saturated carbocycles. The van der Waals surface area contributed by atoms with Crippen LogP contribution in [-0.4, -0.2) is 28.8 Å². The van der Waals surface area contributed by atoms with Crippen LogP contribution in [-0.2, 0) is 4.79 Å². The van der Waals surface area contributed by atoms with Crippen LogP contribution in [0.15, 0.2) is 42.5 Å². The molecule has 3 rings (SSSR count). The van der Waals surface area contributed by atoms with Crippen LogP contribution in [0.2, 0.25) is 0 Å². The molecule has 2 aromatic rings. The van der Waals surface area contributed by atoms with E-state index in [0.29, 0.717) is 34.2 Å². The highest BCUT2D eigenvalue weighted by Gasteiger charge is 2.31. The third kappa shape index (κ3) is 3.05. The molecule has 2 N–H and O–H groups in total. The lowest BCUT2D eigenvalue weighted by Gasteiger charge is -2.17. The predicted molar refractivity (Wildman–Crippen MR) is 93.7 cm³/mol. The molecule has 0 heterocycles. The molecule has 1 aliphatic rings. The average Bonchev–Trinajstić information content (AvgIpc) is 2.87. The summed E-state index contributed by atoms with van der Waals surface area (Å²) in [6.07, 6.45) is 0.339. The molecule has 0 fully saturated rings. The first-order chi connectivity index (χ1) is 11.9. The summed E-state index contributed by atoms with van der Waals surface area (Å²) in [6.45, 7) is 3.80. The van der Waals surface area contributed by atoms with Gasteiger partial charge in [0.2, 0.25) is 0 Å². The molecule has 1 aliphatic carbocycles. The summed E-state index contributed by atoms with van der Waals surface area (Å²) < 4.78 is 0. The van der Waals surface area contributed by atoms with Crippen LogP contribution in [0, 0.1) is 5.92 Å². The Bertz CT molecular complexity index is 870. The van der Waals surface area contributed by atoms with Crippen LogP contribution < -0.4 is 5.32 Å². The number of amides is 1. The van der Waals surface area contributed by atoms with Crippen LogP contribution in [0.1, 0.15) is 46.5 Å². The number of benzene rings is 2. The topological polar surface area (TPSA) is 83.5 Å². The second-order valence-electron chi connectivity index (χ2n) is 6.60. The summed E-state index contributed by atoms with van der Waals surface area (Å²) in [5.41, 5.74) is 2.66. The zero-order valence-electron chi connectivity index (χ0n) is 14.1. The molecule has 5 nitrogen and oxygen atoms in total. The van der Waals surface area contributed by atoms with Gasteiger partial charge in [-0.25, -0.2) is 4.79 Å². The molecule has 128 valence electrons. The highest BCUT2D eigenvalue weighted by molar-refractivity contribution is 6.24. The number of carbonyl (C=O) groups excluding carboxylic acids is 2. The first-order valence-electron chi connectivity index (χ1n) is 8.21. The zero-order valence-corrected chi connectivity index (χ0v) is 14.1. The number of rotatable bonds is 5. The normalized spacial score (nSPS) is 13.3. The number of ketones is 1. The van der Waals surface area contributed by atoms with Gasteiger partial charge >= 0.3 is 5.97 Å². The molecule has 2 aromatic carbocycles. The van der Waals surface area contributed by atoms with Gasteiger partial charge in [-0.2, -0.15) is 0 Å². The zero-order chi connectivity index (χ0) is 18.1. The molecule has 0 aromatic heterocycles. The number of carboxylic acid groups (broad SMARTS) is 1. The maximum absolute atomic E-state index is 12.7. The van der Waals surface area contributed by atoms with Gasteiger partial charge in [-0.3, -0.25) is 9.59 Å². The SMILES string of the molecule is CC(C)C[C@H](NC(=O)c1cccc2c1-c1ccccc1C2=O)C(=O)O.